The fourth-order valence-electron chi connectivity index (χ4n) is 2.06. The molecule has 0 saturated carbocycles. The van der Waals surface area contributed by atoms with Gasteiger partial charge in [0.1, 0.15) is 5.78 Å². The van der Waals surface area contributed by atoms with Gasteiger partial charge in [0.05, 0.1) is 12.2 Å². The first-order chi connectivity index (χ1) is 7.18. The van der Waals surface area contributed by atoms with Gasteiger partial charge in [0, 0.05) is 12.3 Å². The van der Waals surface area contributed by atoms with Gasteiger partial charge < -0.3 is 4.74 Å². The topological polar surface area (TPSA) is 26.3 Å². The molecule has 0 amide bonds. The fraction of sp³-hybridized carbons (Fsp3) is 0.462. The number of hydrogen-bond acceptors (Lipinski definition) is 2. The number of benzene rings is 1. The standard InChI is InChI=1S/C13H16O2/c1-9-8-12(14)10(2)13(15-9)11-6-4-3-5-7-11/h3-7,9-10,13H,8H2,1-2H3/t9-,10+,13+/m1/s1. The van der Waals surface area contributed by atoms with Crippen LogP contribution >= 0.6 is 0 Å². The van der Waals surface area contributed by atoms with Crippen LogP contribution in [0.2, 0.25) is 0 Å². The lowest BCUT2D eigenvalue weighted by molar-refractivity contribution is -0.143. The Morgan fingerprint density at radius 3 is 2.53 bits per heavy atom. The number of Topliss-reactive ketones (excluding diaryl/α,β-unsaturated/α-hetero) is 1. The Balaban J connectivity index is 2.24. The Morgan fingerprint density at radius 2 is 1.87 bits per heavy atom. The van der Waals surface area contributed by atoms with Crippen LogP contribution in [0, 0.1) is 5.92 Å². The van der Waals surface area contributed by atoms with Crippen molar-refractivity contribution in [2.45, 2.75) is 32.5 Å². The highest BCUT2D eigenvalue weighted by Crippen LogP contribution is 2.33. The van der Waals surface area contributed by atoms with Crippen LogP contribution in [0.15, 0.2) is 30.3 Å². The third-order valence-corrected chi connectivity index (χ3v) is 2.96. The van der Waals surface area contributed by atoms with Crippen molar-refractivity contribution in [2.24, 2.45) is 5.92 Å². The number of carbonyl (C=O) groups excluding carboxylic acids is 1. The molecule has 0 aliphatic carbocycles. The number of rotatable bonds is 1. The van der Waals surface area contributed by atoms with Crippen LogP contribution in [0.3, 0.4) is 0 Å². The van der Waals surface area contributed by atoms with Crippen LogP contribution in [-0.4, -0.2) is 11.9 Å². The Kier molecular flexibility index (Phi) is 2.87. The minimum Gasteiger partial charge on any atom is -0.369 e. The highest BCUT2D eigenvalue weighted by Gasteiger charge is 2.33. The second-order valence-electron chi connectivity index (χ2n) is 4.24. The van der Waals surface area contributed by atoms with Crippen LogP contribution in [0.1, 0.15) is 31.9 Å². The minimum atomic E-state index is -0.0672. The summed E-state index contributed by atoms with van der Waals surface area (Å²) in [4.78, 5) is 11.7. The van der Waals surface area contributed by atoms with Gasteiger partial charge in [-0.1, -0.05) is 37.3 Å². The van der Waals surface area contributed by atoms with E-state index in [1.807, 2.05) is 44.2 Å². The summed E-state index contributed by atoms with van der Waals surface area (Å²) in [6, 6.07) is 9.98. The molecule has 1 fully saturated rings. The minimum absolute atomic E-state index is 0.0244. The zero-order valence-electron chi connectivity index (χ0n) is 9.14. The van der Waals surface area contributed by atoms with E-state index in [1.165, 1.54) is 0 Å². The molecule has 1 heterocycles. The summed E-state index contributed by atoms with van der Waals surface area (Å²) in [6.45, 7) is 3.91. The van der Waals surface area contributed by atoms with Gasteiger partial charge in [-0.3, -0.25) is 4.79 Å². The van der Waals surface area contributed by atoms with Crippen molar-refractivity contribution in [3.05, 3.63) is 35.9 Å². The van der Waals surface area contributed by atoms with E-state index in [0.29, 0.717) is 12.2 Å². The second kappa shape index (κ2) is 4.15. The molecule has 3 atom stereocenters. The van der Waals surface area contributed by atoms with Crippen molar-refractivity contribution in [3.8, 4) is 0 Å². The van der Waals surface area contributed by atoms with Crippen LogP contribution in [0.4, 0.5) is 0 Å². The zero-order chi connectivity index (χ0) is 10.8. The molecule has 0 aromatic heterocycles. The fourth-order valence-corrected chi connectivity index (χ4v) is 2.06. The van der Waals surface area contributed by atoms with Gasteiger partial charge in [0.2, 0.25) is 0 Å². The molecule has 1 aromatic carbocycles. The predicted molar refractivity (Wildman–Crippen MR) is 58.5 cm³/mol. The molecular formula is C13H16O2. The van der Waals surface area contributed by atoms with Gasteiger partial charge in [0.25, 0.3) is 0 Å². The average molecular weight is 204 g/mol. The highest BCUT2D eigenvalue weighted by molar-refractivity contribution is 5.82. The molecule has 1 saturated heterocycles. The normalized spacial score (nSPS) is 31.6. The molecule has 0 N–H and O–H groups in total. The SMILES string of the molecule is C[C@@H]1CC(=O)[C@H](C)[C@@H](c2ccccc2)O1. The van der Waals surface area contributed by atoms with Crippen molar-refractivity contribution >= 4 is 5.78 Å². The summed E-state index contributed by atoms with van der Waals surface area (Å²) in [5.74, 6) is 0.284. The lowest BCUT2D eigenvalue weighted by Crippen LogP contribution is -2.33. The van der Waals surface area contributed by atoms with Gasteiger partial charge in [0.15, 0.2) is 0 Å². The maximum Gasteiger partial charge on any atom is 0.141 e. The van der Waals surface area contributed by atoms with E-state index in [1.54, 1.807) is 0 Å². The molecule has 2 heteroatoms. The second-order valence-corrected chi connectivity index (χ2v) is 4.24. The Morgan fingerprint density at radius 1 is 1.20 bits per heavy atom. The molecule has 15 heavy (non-hydrogen) atoms. The number of ether oxygens (including phenoxy) is 1. The molecular weight excluding hydrogens is 188 g/mol. The first kappa shape index (κ1) is 10.4. The molecule has 1 aliphatic heterocycles. The quantitative estimate of drug-likeness (QED) is 0.703. The van der Waals surface area contributed by atoms with E-state index in [-0.39, 0.29) is 18.1 Å². The summed E-state index contributed by atoms with van der Waals surface area (Å²) in [5.41, 5.74) is 1.10. The maximum absolute atomic E-state index is 11.7. The van der Waals surface area contributed by atoms with E-state index >= 15 is 0 Å². The lowest BCUT2D eigenvalue weighted by Gasteiger charge is -2.32. The third-order valence-electron chi connectivity index (χ3n) is 2.96. The van der Waals surface area contributed by atoms with Gasteiger partial charge in [-0.15, -0.1) is 0 Å². The van der Waals surface area contributed by atoms with Crippen LogP contribution < -0.4 is 0 Å². The van der Waals surface area contributed by atoms with Gasteiger partial charge in [-0.25, -0.2) is 0 Å². The van der Waals surface area contributed by atoms with Crippen molar-refractivity contribution < 1.29 is 9.53 Å². The van der Waals surface area contributed by atoms with Gasteiger partial charge in [-0.05, 0) is 12.5 Å². The zero-order valence-corrected chi connectivity index (χ0v) is 9.14. The largest absolute Gasteiger partial charge is 0.369 e. The Bertz CT molecular complexity index is 345. The average Bonchev–Trinajstić information content (AvgIpc) is 2.24. The molecule has 1 aromatic rings. The molecule has 0 unspecified atom stereocenters. The molecule has 80 valence electrons. The Labute approximate surface area is 90.3 Å². The third kappa shape index (κ3) is 2.10. The van der Waals surface area contributed by atoms with Crippen LogP contribution in [-0.2, 0) is 9.53 Å². The molecule has 2 rings (SSSR count). The van der Waals surface area contributed by atoms with Crippen molar-refractivity contribution in [2.75, 3.05) is 0 Å². The monoisotopic (exact) mass is 204 g/mol. The van der Waals surface area contributed by atoms with Gasteiger partial charge in [-0.2, -0.15) is 0 Å². The van der Waals surface area contributed by atoms with E-state index in [9.17, 15) is 4.79 Å². The molecule has 0 radical (unpaired) electrons. The molecule has 0 bridgehead atoms. The highest BCUT2D eigenvalue weighted by atomic mass is 16.5. The van der Waals surface area contributed by atoms with Gasteiger partial charge >= 0.3 is 0 Å². The molecule has 1 aliphatic rings. The van der Waals surface area contributed by atoms with Crippen molar-refractivity contribution in [1.29, 1.82) is 0 Å². The van der Waals surface area contributed by atoms with E-state index < -0.39 is 0 Å². The van der Waals surface area contributed by atoms with Crippen molar-refractivity contribution in [3.63, 3.8) is 0 Å². The first-order valence-electron chi connectivity index (χ1n) is 5.41. The van der Waals surface area contributed by atoms with E-state index in [0.717, 1.165) is 5.56 Å². The molecule has 0 spiro atoms. The summed E-state index contributed by atoms with van der Waals surface area (Å²) < 4.78 is 5.83. The number of carbonyl (C=O) groups is 1. The smallest absolute Gasteiger partial charge is 0.141 e. The molecule has 2 nitrogen and oxygen atoms in total. The summed E-state index contributed by atoms with van der Waals surface area (Å²) in [6.07, 6.45) is 0.520. The van der Waals surface area contributed by atoms with E-state index in [4.69, 9.17) is 4.74 Å². The van der Waals surface area contributed by atoms with Crippen LogP contribution in [0.5, 0.6) is 0 Å². The Hall–Kier alpha value is -1.15. The van der Waals surface area contributed by atoms with Crippen LogP contribution in [0.25, 0.3) is 0 Å². The summed E-state index contributed by atoms with van der Waals surface area (Å²) in [7, 11) is 0. The first-order valence-corrected chi connectivity index (χ1v) is 5.41. The lowest BCUT2D eigenvalue weighted by atomic mass is 9.88. The van der Waals surface area contributed by atoms with E-state index in [2.05, 4.69) is 0 Å². The summed E-state index contributed by atoms with van der Waals surface area (Å²) in [5, 5.41) is 0. The maximum atomic E-state index is 11.7. The number of hydrogen-bond donors (Lipinski definition) is 0. The number of ketones is 1. The predicted octanol–water partition coefficient (Wildman–Crippen LogP) is 2.74. The van der Waals surface area contributed by atoms with Crippen molar-refractivity contribution in [1.82, 2.24) is 0 Å². The summed E-state index contributed by atoms with van der Waals surface area (Å²) >= 11 is 0.